The van der Waals surface area contributed by atoms with Gasteiger partial charge in [0.05, 0.1) is 11.4 Å². The molecule has 41 heavy (non-hydrogen) atoms. The third kappa shape index (κ3) is 6.18. The minimum atomic E-state index is -0.558. The second-order valence-electron chi connectivity index (χ2n) is 11.1. The highest BCUT2D eigenvalue weighted by atomic mass is 16.2. The Morgan fingerprint density at radius 1 is 0.951 bits per heavy atom. The molecule has 2 aliphatic heterocycles. The zero-order valence-corrected chi connectivity index (χ0v) is 23.4. The molecule has 0 bridgehead atoms. The number of carbonyl (C=O) groups excluding carboxylic acids is 2. The van der Waals surface area contributed by atoms with E-state index in [1.54, 1.807) is 0 Å². The summed E-state index contributed by atoms with van der Waals surface area (Å²) in [7, 11) is 2.15. The van der Waals surface area contributed by atoms with Crippen LogP contribution in [0.3, 0.4) is 0 Å². The average molecular weight is 546 g/mol. The number of benzene rings is 3. The van der Waals surface area contributed by atoms with E-state index >= 15 is 0 Å². The molecule has 1 saturated heterocycles. The van der Waals surface area contributed by atoms with E-state index in [9.17, 15) is 9.59 Å². The largest absolute Gasteiger partial charge is 0.369 e. The summed E-state index contributed by atoms with van der Waals surface area (Å²) < 4.78 is 0. The van der Waals surface area contributed by atoms with Crippen molar-refractivity contribution in [1.82, 2.24) is 10.2 Å². The van der Waals surface area contributed by atoms with Crippen molar-refractivity contribution >= 4 is 34.6 Å². The lowest BCUT2D eigenvalue weighted by molar-refractivity contribution is -0.116. The van der Waals surface area contributed by atoms with E-state index in [-0.39, 0.29) is 17.9 Å². The summed E-state index contributed by atoms with van der Waals surface area (Å²) in [6.07, 6.45) is 4.34. The van der Waals surface area contributed by atoms with Gasteiger partial charge in [0.25, 0.3) is 5.91 Å². The molecular weight excluding hydrogens is 510 g/mol. The van der Waals surface area contributed by atoms with E-state index in [2.05, 4.69) is 51.5 Å². The number of anilines is 2. The van der Waals surface area contributed by atoms with Gasteiger partial charge in [-0.2, -0.15) is 0 Å². The lowest BCUT2D eigenvalue weighted by Gasteiger charge is -2.34. The molecule has 0 aromatic heterocycles. The van der Waals surface area contributed by atoms with Gasteiger partial charge in [0, 0.05) is 55.1 Å². The Bertz CT molecular complexity index is 1510. The van der Waals surface area contributed by atoms with Crippen molar-refractivity contribution in [2.24, 2.45) is 4.99 Å². The molecule has 3 aromatic rings. The van der Waals surface area contributed by atoms with Crippen LogP contribution in [0.5, 0.6) is 0 Å². The number of piperazine rings is 1. The Labute approximate surface area is 241 Å². The number of carbonyl (C=O) groups is 2. The highest BCUT2D eigenvalue weighted by Crippen LogP contribution is 2.37. The van der Waals surface area contributed by atoms with Gasteiger partial charge in [-0.3, -0.25) is 14.6 Å². The van der Waals surface area contributed by atoms with Crippen molar-refractivity contribution in [3.05, 3.63) is 89.5 Å². The summed E-state index contributed by atoms with van der Waals surface area (Å²) in [6, 6.07) is 24.0. The van der Waals surface area contributed by atoms with Crippen LogP contribution in [-0.4, -0.2) is 61.7 Å². The molecule has 208 valence electrons. The highest BCUT2D eigenvalue weighted by Gasteiger charge is 2.35. The smallest absolute Gasteiger partial charge is 0.296 e. The molecule has 6 rings (SSSR count). The molecule has 0 radical (unpaired) electrons. The Balaban J connectivity index is 1.26. The van der Waals surface area contributed by atoms with Crippen molar-refractivity contribution in [2.75, 3.05) is 43.4 Å². The van der Waals surface area contributed by atoms with Gasteiger partial charge < -0.3 is 20.4 Å². The van der Waals surface area contributed by atoms with E-state index < -0.39 is 5.92 Å². The predicted molar refractivity (Wildman–Crippen MR) is 164 cm³/mol. The average Bonchev–Trinajstić information content (AvgIpc) is 3.62. The first-order valence-corrected chi connectivity index (χ1v) is 14.5. The molecule has 1 atom stereocenters. The fourth-order valence-corrected chi connectivity index (χ4v) is 5.88. The zero-order chi connectivity index (χ0) is 28.2. The van der Waals surface area contributed by atoms with E-state index in [4.69, 9.17) is 4.99 Å². The number of hydrogen-bond donors (Lipinski definition) is 2. The highest BCUT2D eigenvalue weighted by molar-refractivity contribution is 6.24. The Morgan fingerprint density at radius 3 is 2.41 bits per heavy atom. The molecule has 2 amide bonds. The van der Waals surface area contributed by atoms with Gasteiger partial charge in [0.1, 0.15) is 5.92 Å². The van der Waals surface area contributed by atoms with Gasteiger partial charge in [0.15, 0.2) is 0 Å². The van der Waals surface area contributed by atoms with Crippen LogP contribution in [0.1, 0.15) is 48.3 Å². The number of likely N-dealkylation sites (N-methyl/N-ethyl adjacent to an activating group) is 1. The molecule has 1 saturated carbocycles. The lowest BCUT2D eigenvalue weighted by atomic mass is 9.90. The molecule has 2 N–H and O–H groups in total. The van der Waals surface area contributed by atoms with Crippen molar-refractivity contribution in [3.8, 4) is 11.8 Å². The predicted octanol–water partition coefficient (Wildman–Crippen LogP) is 4.71. The first-order valence-electron chi connectivity index (χ1n) is 14.5. The number of amides is 2. The number of nitrogens with zero attached hydrogens (tertiary/aromatic N) is 3. The van der Waals surface area contributed by atoms with E-state index in [1.165, 1.54) is 5.69 Å². The second kappa shape index (κ2) is 12.0. The van der Waals surface area contributed by atoms with Crippen LogP contribution < -0.4 is 15.5 Å². The topological polar surface area (TPSA) is 77.0 Å². The van der Waals surface area contributed by atoms with Crippen LogP contribution in [0.4, 0.5) is 17.1 Å². The quantitative estimate of drug-likeness (QED) is 0.360. The molecule has 1 aliphatic carbocycles. The fraction of sp³-hybridized carbons (Fsp3) is 0.324. The van der Waals surface area contributed by atoms with E-state index in [1.807, 2.05) is 60.7 Å². The van der Waals surface area contributed by atoms with Crippen LogP contribution in [0.15, 0.2) is 77.8 Å². The van der Waals surface area contributed by atoms with Crippen molar-refractivity contribution in [1.29, 1.82) is 0 Å². The SMILES string of the molecule is CN1CCN(c2ccc(N=C(c3ccccc3)C3C(=O)Nc4cc(C#CC(=O)NC5CCCC5)ccc43)cc2)CC1. The molecule has 2 heterocycles. The van der Waals surface area contributed by atoms with Gasteiger partial charge in [-0.15, -0.1) is 0 Å². The third-order valence-electron chi connectivity index (χ3n) is 8.21. The maximum Gasteiger partial charge on any atom is 0.296 e. The summed E-state index contributed by atoms with van der Waals surface area (Å²) in [5.74, 6) is 4.74. The summed E-state index contributed by atoms with van der Waals surface area (Å²) in [5, 5.41) is 6.02. The molecule has 0 spiro atoms. The Hall–Kier alpha value is -4.41. The molecule has 1 unspecified atom stereocenters. The number of hydrogen-bond acceptors (Lipinski definition) is 5. The number of rotatable bonds is 5. The third-order valence-corrected chi connectivity index (χ3v) is 8.21. The van der Waals surface area contributed by atoms with E-state index in [0.29, 0.717) is 17.0 Å². The maximum absolute atomic E-state index is 13.4. The minimum Gasteiger partial charge on any atom is -0.369 e. The minimum absolute atomic E-state index is 0.124. The van der Waals surface area contributed by atoms with Gasteiger partial charge in [0.2, 0.25) is 5.91 Å². The van der Waals surface area contributed by atoms with Crippen LogP contribution in [0.25, 0.3) is 0 Å². The van der Waals surface area contributed by atoms with Crippen LogP contribution in [0.2, 0.25) is 0 Å². The van der Waals surface area contributed by atoms with Gasteiger partial charge >= 0.3 is 0 Å². The number of fused-ring (bicyclic) bond motifs is 1. The Morgan fingerprint density at radius 2 is 1.68 bits per heavy atom. The summed E-state index contributed by atoms with van der Waals surface area (Å²) >= 11 is 0. The molecule has 2 fully saturated rings. The van der Waals surface area contributed by atoms with Crippen LogP contribution in [-0.2, 0) is 9.59 Å². The van der Waals surface area contributed by atoms with E-state index in [0.717, 1.165) is 68.7 Å². The molecule has 3 aliphatic rings. The van der Waals surface area contributed by atoms with Gasteiger partial charge in [-0.1, -0.05) is 55.2 Å². The monoisotopic (exact) mass is 545 g/mol. The van der Waals surface area contributed by atoms with Crippen molar-refractivity contribution in [3.63, 3.8) is 0 Å². The summed E-state index contributed by atoms with van der Waals surface area (Å²) in [5.41, 5.74) is 5.83. The molecule has 7 heteroatoms. The molecule has 3 aromatic carbocycles. The lowest BCUT2D eigenvalue weighted by Crippen LogP contribution is -2.44. The Kier molecular flexibility index (Phi) is 7.84. The first-order chi connectivity index (χ1) is 20.0. The van der Waals surface area contributed by atoms with Gasteiger partial charge in [-0.05, 0) is 67.4 Å². The standard InChI is InChI=1S/C34H35N5O2/c1-38-19-21-39(22-20-38)28-15-13-27(14-16-28)36-33(25-7-3-2-4-8-25)32-29-17-11-24(23-30(29)37-34(32)41)12-18-31(40)35-26-9-5-6-10-26/h2-4,7-8,11,13-17,23,26,32H,5-6,9-10,19-22H2,1H3,(H,35,40)(H,37,41). The van der Waals surface area contributed by atoms with Crippen LogP contribution in [0, 0.1) is 11.8 Å². The summed E-state index contributed by atoms with van der Waals surface area (Å²) in [6.45, 7) is 4.11. The van der Waals surface area contributed by atoms with Crippen molar-refractivity contribution < 1.29 is 9.59 Å². The number of nitrogens with one attached hydrogen (secondary N) is 2. The fourth-order valence-electron chi connectivity index (χ4n) is 5.88. The molecular formula is C34H35N5O2. The maximum atomic E-state index is 13.4. The van der Waals surface area contributed by atoms with Gasteiger partial charge in [-0.25, -0.2) is 0 Å². The first kappa shape index (κ1) is 26.8. The molecule has 7 nitrogen and oxygen atoms in total. The van der Waals surface area contributed by atoms with Crippen molar-refractivity contribution in [2.45, 2.75) is 37.6 Å². The summed E-state index contributed by atoms with van der Waals surface area (Å²) in [4.78, 5) is 35.4. The normalized spacial score (nSPS) is 19.3. The van der Waals surface area contributed by atoms with Crippen LogP contribution >= 0.6 is 0 Å². The number of aliphatic imine (C=N–C) groups is 1. The second-order valence-corrected chi connectivity index (χ2v) is 11.1. The zero-order valence-electron chi connectivity index (χ0n) is 23.4.